The third kappa shape index (κ3) is 2.90. The van der Waals surface area contributed by atoms with Crippen LogP contribution in [-0.2, 0) is 6.54 Å². The molecule has 4 heteroatoms. The van der Waals surface area contributed by atoms with Crippen molar-refractivity contribution in [1.82, 2.24) is 4.57 Å². The van der Waals surface area contributed by atoms with Crippen molar-refractivity contribution in [3.05, 3.63) is 78.0 Å². The minimum Gasteiger partial charge on any atom is -0.494 e. The van der Waals surface area contributed by atoms with Crippen molar-refractivity contribution in [2.45, 2.75) is 13.5 Å². The number of benzene rings is 3. The lowest BCUT2D eigenvalue weighted by Gasteiger charge is -2.09. The van der Waals surface area contributed by atoms with Crippen molar-refractivity contribution in [3.8, 4) is 5.75 Å². The molecule has 130 valence electrons. The molecule has 26 heavy (non-hydrogen) atoms. The van der Waals surface area contributed by atoms with Gasteiger partial charge in [0.05, 0.1) is 17.7 Å². The maximum Gasteiger partial charge on any atom is 0.337 e. The monoisotopic (exact) mass is 345 g/mol. The molecular formula is C22H19NO3. The van der Waals surface area contributed by atoms with Crippen LogP contribution in [0, 0.1) is 0 Å². The normalized spacial score (nSPS) is 11.1. The van der Waals surface area contributed by atoms with Gasteiger partial charge in [-0.25, -0.2) is 4.79 Å². The predicted octanol–water partition coefficient (Wildman–Crippen LogP) is 4.94. The highest BCUT2D eigenvalue weighted by Gasteiger charge is 2.15. The number of carboxylic acids is 1. The third-order valence-corrected chi connectivity index (χ3v) is 4.56. The van der Waals surface area contributed by atoms with E-state index in [1.54, 1.807) is 6.20 Å². The molecule has 1 aromatic heterocycles. The van der Waals surface area contributed by atoms with E-state index in [9.17, 15) is 9.90 Å². The van der Waals surface area contributed by atoms with Gasteiger partial charge in [-0.2, -0.15) is 0 Å². The quantitative estimate of drug-likeness (QED) is 0.557. The molecule has 0 aliphatic carbocycles. The van der Waals surface area contributed by atoms with Crippen molar-refractivity contribution in [3.63, 3.8) is 0 Å². The summed E-state index contributed by atoms with van der Waals surface area (Å²) >= 11 is 0. The van der Waals surface area contributed by atoms with Crippen LogP contribution in [0.2, 0.25) is 0 Å². The number of nitrogens with zero attached hydrogens (tertiary/aromatic N) is 1. The molecule has 0 bridgehead atoms. The number of aromatic carboxylic acids is 1. The first-order valence-electron chi connectivity index (χ1n) is 8.62. The maximum atomic E-state index is 11.6. The van der Waals surface area contributed by atoms with E-state index < -0.39 is 5.97 Å². The molecule has 0 aliphatic rings. The minimum atomic E-state index is -0.920. The lowest BCUT2D eigenvalue weighted by molar-refractivity contribution is 0.0699. The van der Waals surface area contributed by atoms with Crippen molar-refractivity contribution in [2.75, 3.05) is 6.61 Å². The summed E-state index contributed by atoms with van der Waals surface area (Å²) in [6.45, 7) is 3.11. The number of ether oxygens (including phenoxy) is 1. The fourth-order valence-corrected chi connectivity index (χ4v) is 3.36. The van der Waals surface area contributed by atoms with Crippen LogP contribution in [0.25, 0.3) is 21.7 Å². The highest BCUT2D eigenvalue weighted by molar-refractivity contribution is 6.03. The molecule has 1 N–H and O–H groups in total. The summed E-state index contributed by atoms with van der Waals surface area (Å²) in [6.07, 6.45) is 1.71. The SMILES string of the molecule is CCOc1ccc2c(C(=O)O)cn(Cc3ccc4ccccc4c3)c2c1. The molecule has 3 aromatic carbocycles. The van der Waals surface area contributed by atoms with Gasteiger partial charge in [0.2, 0.25) is 0 Å². The number of hydrogen-bond donors (Lipinski definition) is 1. The van der Waals surface area contributed by atoms with Crippen molar-refractivity contribution in [1.29, 1.82) is 0 Å². The van der Waals surface area contributed by atoms with E-state index in [0.29, 0.717) is 18.7 Å². The van der Waals surface area contributed by atoms with Crippen LogP contribution in [0.15, 0.2) is 66.9 Å². The summed E-state index contributed by atoms with van der Waals surface area (Å²) in [6, 6.07) is 20.1. The second-order valence-corrected chi connectivity index (χ2v) is 6.27. The van der Waals surface area contributed by atoms with Crippen LogP contribution < -0.4 is 4.74 Å². The Kier molecular flexibility index (Phi) is 4.09. The second kappa shape index (κ2) is 6.56. The lowest BCUT2D eigenvalue weighted by atomic mass is 10.1. The van der Waals surface area contributed by atoms with Gasteiger partial charge < -0.3 is 14.4 Å². The Balaban J connectivity index is 1.80. The number of rotatable bonds is 5. The first kappa shape index (κ1) is 16.2. The Labute approximate surface area is 151 Å². The smallest absolute Gasteiger partial charge is 0.337 e. The molecule has 1 heterocycles. The van der Waals surface area contributed by atoms with Gasteiger partial charge in [0.25, 0.3) is 0 Å². The molecular weight excluding hydrogens is 326 g/mol. The molecule has 4 aromatic rings. The van der Waals surface area contributed by atoms with Crippen LogP contribution in [-0.4, -0.2) is 22.2 Å². The molecule has 0 atom stereocenters. The van der Waals surface area contributed by atoms with Gasteiger partial charge in [-0.15, -0.1) is 0 Å². The van der Waals surface area contributed by atoms with E-state index in [4.69, 9.17) is 4.74 Å². The molecule has 0 radical (unpaired) electrons. The zero-order chi connectivity index (χ0) is 18.1. The highest BCUT2D eigenvalue weighted by Crippen LogP contribution is 2.27. The Bertz CT molecular complexity index is 1110. The summed E-state index contributed by atoms with van der Waals surface area (Å²) in [5, 5.41) is 12.6. The molecule has 0 spiro atoms. The zero-order valence-corrected chi connectivity index (χ0v) is 14.5. The molecule has 0 saturated carbocycles. The van der Waals surface area contributed by atoms with Gasteiger partial charge in [0.1, 0.15) is 5.75 Å². The Morgan fingerprint density at radius 2 is 1.85 bits per heavy atom. The summed E-state index contributed by atoms with van der Waals surface area (Å²) in [5.74, 6) is -0.175. The third-order valence-electron chi connectivity index (χ3n) is 4.56. The topological polar surface area (TPSA) is 51.5 Å². The first-order valence-corrected chi connectivity index (χ1v) is 8.62. The number of carboxylic acid groups (broad SMARTS) is 1. The summed E-state index contributed by atoms with van der Waals surface area (Å²) in [7, 11) is 0. The molecule has 0 amide bonds. The molecule has 0 unspecified atom stereocenters. The Hall–Kier alpha value is -3.27. The Morgan fingerprint density at radius 1 is 1.04 bits per heavy atom. The fraction of sp³-hybridized carbons (Fsp3) is 0.136. The average molecular weight is 345 g/mol. The molecule has 0 saturated heterocycles. The number of carbonyl (C=O) groups is 1. The summed E-state index contributed by atoms with van der Waals surface area (Å²) in [4.78, 5) is 11.6. The van der Waals surface area contributed by atoms with Gasteiger partial charge >= 0.3 is 5.97 Å². The zero-order valence-electron chi connectivity index (χ0n) is 14.5. The van der Waals surface area contributed by atoms with Gasteiger partial charge in [-0.1, -0.05) is 36.4 Å². The predicted molar refractivity (Wildman–Crippen MR) is 103 cm³/mol. The van der Waals surface area contributed by atoms with Gasteiger partial charge in [-0.05, 0) is 41.5 Å². The largest absolute Gasteiger partial charge is 0.494 e. The van der Waals surface area contributed by atoms with Crippen LogP contribution in [0.4, 0.5) is 0 Å². The molecule has 4 nitrogen and oxygen atoms in total. The molecule has 4 rings (SSSR count). The van der Waals surface area contributed by atoms with Crippen LogP contribution in [0.1, 0.15) is 22.8 Å². The fourth-order valence-electron chi connectivity index (χ4n) is 3.36. The lowest BCUT2D eigenvalue weighted by Crippen LogP contribution is -1.99. The standard InChI is InChI=1S/C22H19NO3/c1-2-26-18-9-10-19-20(22(24)25)14-23(21(19)12-18)13-15-7-8-16-5-3-4-6-17(16)11-15/h3-12,14H,2,13H2,1H3,(H,24,25). The number of hydrogen-bond acceptors (Lipinski definition) is 2. The van der Waals surface area contributed by atoms with E-state index in [1.165, 1.54) is 10.8 Å². The van der Waals surface area contributed by atoms with Crippen LogP contribution in [0.5, 0.6) is 5.75 Å². The average Bonchev–Trinajstić information content (AvgIpc) is 3.00. The first-order chi connectivity index (χ1) is 12.7. The van der Waals surface area contributed by atoms with Crippen LogP contribution in [0.3, 0.4) is 0 Å². The molecule has 0 aliphatic heterocycles. The van der Waals surface area contributed by atoms with Crippen LogP contribution >= 0.6 is 0 Å². The van der Waals surface area contributed by atoms with Gasteiger partial charge in [0, 0.05) is 24.2 Å². The van der Waals surface area contributed by atoms with E-state index in [1.807, 2.05) is 41.8 Å². The second-order valence-electron chi connectivity index (χ2n) is 6.27. The summed E-state index contributed by atoms with van der Waals surface area (Å²) in [5.41, 5.74) is 2.30. The Morgan fingerprint density at radius 3 is 2.62 bits per heavy atom. The van der Waals surface area contributed by atoms with Crippen molar-refractivity contribution in [2.24, 2.45) is 0 Å². The van der Waals surface area contributed by atoms with E-state index in [2.05, 4.69) is 30.3 Å². The van der Waals surface area contributed by atoms with Gasteiger partial charge in [-0.3, -0.25) is 0 Å². The minimum absolute atomic E-state index is 0.309. The van der Waals surface area contributed by atoms with Crippen molar-refractivity contribution >= 4 is 27.6 Å². The molecule has 0 fully saturated rings. The highest BCUT2D eigenvalue weighted by atomic mass is 16.5. The van der Waals surface area contributed by atoms with Gasteiger partial charge in [0.15, 0.2) is 0 Å². The number of fused-ring (bicyclic) bond motifs is 2. The number of aromatic nitrogens is 1. The van der Waals surface area contributed by atoms with E-state index in [-0.39, 0.29) is 0 Å². The van der Waals surface area contributed by atoms with E-state index >= 15 is 0 Å². The maximum absolute atomic E-state index is 11.6. The van der Waals surface area contributed by atoms with Crippen molar-refractivity contribution < 1.29 is 14.6 Å². The van der Waals surface area contributed by atoms with E-state index in [0.717, 1.165) is 22.2 Å². The summed E-state index contributed by atoms with van der Waals surface area (Å²) < 4.78 is 7.56.